The van der Waals surface area contributed by atoms with Crippen LogP contribution in [0.15, 0.2) is 188 Å². The van der Waals surface area contributed by atoms with Gasteiger partial charge in [-0.1, -0.05) is 197 Å². The molecule has 0 radical (unpaired) electrons. The Kier molecular flexibility index (Phi) is 41.9. The molecule has 6 aromatic carbocycles. The molecule has 0 aliphatic carbocycles. The number of anilines is 2. The van der Waals surface area contributed by atoms with E-state index in [0.717, 1.165) is 34.2 Å². The topological polar surface area (TPSA) is 183 Å². The number of nitrogens with two attached hydrogens (primary N) is 2. The fraction of sp³-hybridized carbons (Fsp3) is 0.182. The number of halogens is 6. The summed E-state index contributed by atoms with van der Waals surface area (Å²) in [5.41, 5.74) is 23.5. The quantitative estimate of drug-likeness (QED) is 0.0445. The summed E-state index contributed by atoms with van der Waals surface area (Å²) in [6, 6.07) is 52.2. The van der Waals surface area contributed by atoms with Crippen LogP contribution in [0.1, 0.15) is 95.9 Å². The summed E-state index contributed by atoms with van der Waals surface area (Å²) in [5, 5.41) is 19.9. The van der Waals surface area contributed by atoms with E-state index in [-0.39, 0.29) is 90.1 Å². The fourth-order valence-electron chi connectivity index (χ4n) is 8.78. The van der Waals surface area contributed by atoms with Gasteiger partial charge in [-0.2, -0.15) is 0 Å². The second kappa shape index (κ2) is 43.8. The third kappa shape index (κ3) is 27.1. The van der Waals surface area contributed by atoms with Crippen LogP contribution in [-0.4, -0.2) is 64.6 Å². The number of nitrogens with zero attached hydrogens (tertiary/aromatic N) is 5. The minimum absolute atomic E-state index is 0. The Labute approximate surface area is 611 Å². The zero-order valence-electron chi connectivity index (χ0n) is 50.6. The monoisotopic (exact) mass is 1560 g/mol. The van der Waals surface area contributed by atoms with Crippen molar-refractivity contribution in [2.24, 2.45) is 0 Å². The number of fused-ring (bicyclic) bond motifs is 1. The van der Waals surface area contributed by atoms with Gasteiger partial charge in [-0.3, -0.25) is 9.59 Å². The zero-order valence-corrected chi connectivity index (χ0v) is 62.3. The van der Waals surface area contributed by atoms with E-state index in [0.29, 0.717) is 63.4 Å². The van der Waals surface area contributed by atoms with Crippen molar-refractivity contribution >= 4 is 119 Å². The van der Waals surface area contributed by atoms with E-state index in [2.05, 4.69) is 225 Å². The van der Waals surface area contributed by atoms with Gasteiger partial charge in [0.2, 0.25) is 0 Å². The molecule has 3 aromatic heterocycles. The summed E-state index contributed by atoms with van der Waals surface area (Å²) in [5.74, 6) is 0.671. The van der Waals surface area contributed by atoms with E-state index in [1.165, 1.54) is 40.2 Å². The Morgan fingerprint density at radius 2 is 1.03 bits per heavy atom. The van der Waals surface area contributed by atoms with Gasteiger partial charge in [0.05, 0.1) is 16.9 Å². The van der Waals surface area contributed by atoms with E-state index >= 15 is 0 Å². The number of allylic oxidation sites excluding steroid dienone is 2. The average Bonchev–Trinajstić information content (AvgIpc) is 2.79. The van der Waals surface area contributed by atoms with Crippen LogP contribution in [0.2, 0.25) is 10.3 Å². The normalized spacial score (nSPS) is 10.0. The molecule has 0 fully saturated rings. The Balaban J connectivity index is 0.00000111. The summed E-state index contributed by atoms with van der Waals surface area (Å²) in [7, 11) is 7.03. The molecule has 0 aliphatic rings. The number of aryl methyl sites for hydroxylation is 2. The van der Waals surface area contributed by atoms with Crippen LogP contribution in [0.5, 0.6) is 0 Å². The Bertz CT molecular complexity index is 3540. The molecule has 0 amide bonds. The summed E-state index contributed by atoms with van der Waals surface area (Å²) in [6.07, 6.45) is 5.61. The molecule has 88 heavy (non-hydrogen) atoms. The summed E-state index contributed by atoms with van der Waals surface area (Å²) < 4.78 is 3.01. The summed E-state index contributed by atoms with van der Waals surface area (Å²) >= 11 is 19.7. The van der Waals surface area contributed by atoms with Crippen molar-refractivity contribution < 1.29 is 112 Å². The molecule has 0 atom stereocenters. The van der Waals surface area contributed by atoms with Crippen molar-refractivity contribution in [2.45, 2.75) is 78.5 Å². The number of nitrogen functional groups attached to an aromatic ring is 2. The molecule has 0 saturated heterocycles. The molecule has 11 nitrogen and oxygen atoms in total. The van der Waals surface area contributed by atoms with Crippen molar-refractivity contribution in [1.29, 1.82) is 0 Å². The molecule has 9 aromatic rings. The van der Waals surface area contributed by atoms with Gasteiger partial charge in [-0.25, -0.2) is 59.1 Å². The van der Waals surface area contributed by atoms with Crippen LogP contribution in [0.25, 0.3) is 27.8 Å². The standard InChI is InChI=1S/C22H28NP.C19H16ClN3O.C11H9BrClN3.C8H9BO3.2C3H5.2ClH.FH.K.2Pd/c1-21(2,3)24(22(4,5)6)20-16-17-12-10-11-15-19(17)23(20)18-13-8-7-9-14-18;1-12-7-8-15(14(9-12)11-24)17-18(20)23-19(21)16(22-17)10-13-5-3-2-4-6-13;12-9-10(13)16-11(14)8(15-9)6-7-4-2-1-3-5-7;1-6-2-3-8(9(11)12)7(4-6)5-10;2*1-3-2;;;;;;/h7-16H,1-6H3;2-9,11H,10H2,1H3,(H2,21,23);1-5H,6H2,(H2,14,16);2-5,11-12H,1H3;2*3H,1-2H2;3*1H;;;/q;;;;2*-1;;;;+1;2*+2/p-3. The molecule has 0 aliphatic heterocycles. The number of hydrogen-bond donors (Lipinski definition) is 4. The van der Waals surface area contributed by atoms with Crippen molar-refractivity contribution in [3.05, 3.63) is 257 Å². The third-order valence-corrected chi connectivity index (χ3v) is 16.6. The average molecular weight is 1560 g/mol. The number of hydrogen-bond acceptors (Lipinski definition) is 10. The molecule has 6 N–H and O–H groups in total. The van der Waals surface area contributed by atoms with Crippen LogP contribution < -0.4 is 78.5 Å². The van der Waals surface area contributed by atoms with Crippen LogP contribution in [0.3, 0.4) is 0 Å². The number of rotatable bonds is 10. The van der Waals surface area contributed by atoms with E-state index in [1.54, 1.807) is 18.2 Å². The van der Waals surface area contributed by atoms with Crippen LogP contribution in [-0.2, 0) is 49.2 Å². The minimum Gasteiger partial charge on any atom is -1.00 e. The van der Waals surface area contributed by atoms with Crippen LogP contribution >= 0.6 is 66.1 Å². The predicted molar refractivity (Wildman–Crippen MR) is 363 cm³/mol. The van der Waals surface area contributed by atoms with Gasteiger partial charge >= 0.3 is 114 Å². The second-order valence-electron chi connectivity index (χ2n) is 20.5. The van der Waals surface area contributed by atoms with E-state index in [9.17, 15) is 9.59 Å². The number of aromatic nitrogens is 5. The van der Waals surface area contributed by atoms with Gasteiger partial charge in [-0.15, -0.1) is 0 Å². The van der Waals surface area contributed by atoms with Gasteiger partial charge in [0.1, 0.15) is 28.2 Å². The molecule has 0 unspecified atom stereocenters. The molecule has 0 saturated carbocycles. The summed E-state index contributed by atoms with van der Waals surface area (Å²) in [6.45, 7) is 31.1. The molecular weight excluding hydrogens is 1490 g/mol. The van der Waals surface area contributed by atoms with E-state index in [1.807, 2.05) is 86.6 Å². The van der Waals surface area contributed by atoms with Gasteiger partial charge in [-0.05, 0) is 101 Å². The van der Waals surface area contributed by atoms with Gasteiger partial charge < -0.3 is 30.8 Å². The number of para-hydroxylation sites is 2. The molecular formula is C66H72BBrCl4FKN7O4PPd2. The molecule has 0 bridgehead atoms. The van der Waals surface area contributed by atoms with Crippen molar-refractivity contribution in [1.82, 2.24) is 24.5 Å². The molecule has 22 heteroatoms. The maximum absolute atomic E-state index is 11.4. The van der Waals surface area contributed by atoms with Gasteiger partial charge in [0.15, 0.2) is 16.6 Å². The fourth-order valence-corrected chi connectivity index (χ4v) is 13.5. The number of benzene rings is 6. The number of carbonyl (C=O) groups is 2. The Morgan fingerprint density at radius 1 is 0.625 bits per heavy atom. The first-order valence-corrected chi connectivity index (χ1v) is 33.2. The first-order valence-electron chi connectivity index (χ1n) is 26.3. The first-order chi connectivity index (χ1) is 40.9. The van der Waals surface area contributed by atoms with Crippen molar-refractivity contribution in [3.63, 3.8) is 0 Å². The van der Waals surface area contributed by atoms with Crippen LogP contribution in [0, 0.1) is 27.7 Å². The van der Waals surface area contributed by atoms with Crippen molar-refractivity contribution in [3.8, 4) is 16.9 Å². The maximum atomic E-state index is 11.4. The number of carbonyl (C=O) groups excluding carboxylic acids is 2. The molecule has 9 rings (SSSR count). The minimum atomic E-state index is -1.58. The smallest absolute Gasteiger partial charge is 1.00 e. The molecule has 466 valence electrons. The van der Waals surface area contributed by atoms with Crippen molar-refractivity contribution in [2.75, 3.05) is 11.5 Å². The molecule has 3 heterocycles. The third-order valence-electron chi connectivity index (χ3n) is 11.8. The van der Waals surface area contributed by atoms with Crippen LogP contribution in [0.4, 0.5) is 11.6 Å². The van der Waals surface area contributed by atoms with Gasteiger partial charge in [0.25, 0.3) is 0 Å². The second-order valence-corrected chi connectivity index (χ2v) is 25.8. The largest absolute Gasteiger partial charge is 1.00 e. The molecule has 0 spiro atoms. The number of aldehydes is 2. The van der Waals surface area contributed by atoms with E-state index < -0.39 is 7.12 Å². The SMILES string of the molecule is C=C[CH2-].C=C[CH2-].CC(C)(C)P(c1cc2ccccc2n1-c1ccccc1)C(C)(C)C.Cc1ccc(-c2nc(Cc3ccccc3)c(N)nc2Cl)c(C=O)c1.Cc1ccc(B(O)O)c(C=O)c1.Nc1nc(Cl)c(Br)nc1Cc1ccccc1.[Cl][Pd+].[Cl][Pd+].[F-].[K+]. The zero-order chi connectivity index (χ0) is 64.7. The Hall–Kier alpha value is -3.87. The van der Waals surface area contributed by atoms with E-state index in [4.69, 9.17) is 44.7 Å². The predicted octanol–water partition coefficient (Wildman–Crippen LogP) is 10.4. The maximum Gasteiger partial charge on any atom is 1.00 e. The Morgan fingerprint density at radius 3 is 1.49 bits per heavy atom. The summed E-state index contributed by atoms with van der Waals surface area (Å²) in [4.78, 5) is 38.9. The first kappa shape index (κ1) is 84.1. The van der Waals surface area contributed by atoms with Gasteiger partial charge in [0, 0.05) is 46.0 Å².